The number of H-pyrrole nitrogens is 1. The molecule has 0 unspecified atom stereocenters. The number of hydrogen-bond acceptors (Lipinski definition) is 2. The second-order valence-electron chi connectivity index (χ2n) is 2.87. The van der Waals surface area contributed by atoms with Gasteiger partial charge in [-0.25, -0.2) is 9.37 Å². The Bertz CT molecular complexity index is 340. The largest absolute Gasteiger partial charge is 0.311 e. The third-order valence-electron chi connectivity index (χ3n) is 1.36. The van der Waals surface area contributed by atoms with Gasteiger partial charge in [-0.2, -0.15) is 4.39 Å². The van der Waals surface area contributed by atoms with Gasteiger partial charge in [0.2, 0.25) is 5.82 Å². The molecule has 5 heteroatoms. The first-order valence-corrected chi connectivity index (χ1v) is 3.35. The van der Waals surface area contributed by atoms with Crippen LogP contribution in [0.3, 0.4) is 0 Å². The van der Waals surface area contributed by atoms with Gasteiger partial charge in [0.05, 0.1) is 6.33 Å². The first-order chi connectivity index (χ1) is 5.43. The highest BCUT2D eigenvalue weighted by atomic mass is 19.1. The van der Waals surface area contributed by atoms with Crippen LogP contribution in [0.15, 0.2) is 11.1 Å². The number of alkyl halides is 1. The molecular weight excluding hydrogens is 166 g/mol. The summed E-state index contributed by atoms with van der Waals surface area (Å²) in [7, 11) is 0. The van der Waals surface area contributed by atoms with Crippen LogP contribution in [0.4, 0.5) is 8.78 Å². The Balaban J connectivity index is 3.36. The minimum Gasteiger partial charge on any atom is -0.311 e. The van der Waals surface area contributed by atoms with Crippen LogP contribution in [-0.2, 0) is 5.67 Å². The Hall–Kier alpha value is -1.26. The Labute approximate surface area is 67.5 Å². The van der Waals surface area contributed by atoms with Gasteiger partial charge in [0, 0.05) is 0 Å². The summed E-state index contributed by atoms with van der Waals surface area (Å²) in [5, 5.41) is 0. The van der Waals surface area contributed by atoms with Crippen molar-refractivity contribution in [2.24, 2.45) is 0 Å². The van der Waals surface area contributed by atoms with Crippen LogP contribution in [0.5, 0.6) is 0 Å². The van der Waals surface area contributed by atoms with Crippen molar-refractivity contribution in [1.82, 2.24) is 9.97 Å². The summed E-state index contributed by atoms with van der Waals surface area (Å²) in [4.78, 5) is 16.1. The standard InChI is InChI=1S/C7H8F2N2O/c1-7(2,9)5-4(8)6(12)11-3-10-5/h3H,1-2H3,(H,10,11,12). The summed E-state index contributed by atoms with van der Waals surface area (Å²) in [6.07, 6.45) is 0.974. The topological polar surface area (TPSA) is 45.8 Å². The van der Waals surface area contributed by atoms with Gasteiger partial charge in [-0.05, 0) is 13.8 Å². The molecule has 0 radical (unpaired) electrons. The highest BCUT2D eigenvalue weighted by Gasteiger charge is 2.26. The van der Waals surface area contributed by atoms with Crippen molar-refractivity contribution in [3.05, 3.63) is 28.2 Å². The van der Waals surface area contributed by atoms with Crippen molar-refractivity contribution in [2.45, 2.75) is 19.5 Å². The molecule has 66 valence electrons. The fraction of sp³-hybridized carbons (Fsp3) is 0.429. The maximum atomic E-state index is 13.1. The molecule has 0 atom stereocenters. The van der Waals surface area contributed by atoms with Gasteiger partial charge < -0.3 is 4.98 Å². The average Bonchev–Trinajstić information content (AvgIpc) is 1.92. The Morgan fingerprint density at radius 2 is 2.17 bits per heavy atom. The predicted octanol–water partition coefficient (Wildman–Crippen LogP) is 1.11. The molecule has 0 fully saturated rings. The lowest BCUT2D eigenvalue weighted by Crippen LogP contribution is -2.22. The van der Waals surface area contributed by atoms with Crippen LogP contribution in [-0.4, -0.2) is 9.97 Å². The van der Waals surface area contributed by atoms with E-state index in [9.17, 15) is 13.6 Å². The predicted molar refractivity (Wildman–Crippen MR) is 38.9 cm³/mol. The lowest BCUT2D eigenvalue weighted by molar-refractivity contribution is 0.204. The maximum Gasteiger partial charge on any atom is 0.287 e. The lowest BCUT2D eigenvalue weighted by atomic mass is 10.1. The summed E-state index contributed by atoms with van der Waals surface area (Å²) < 4.78 is 26.0. The quantitative estimate of drug-likeness (QED) is 0.693. The van der Waals surface area contributed by atoms with E-state index in [2.05, 4.69) is 4.98 Å². The van der Waals surface area contributed by atoms with Crippen LogP contribution >= 0.6 is 0 Å². The van der Waals surface area contributed by atoms with E-state index in [1.807, 2.05) is 4.98 Å². The van der Waals surface area contributed by atoms with Crippen molar-refractivity contribution in [1.29, 1.82) is 0 Å². The van der Waals surface area contributed by atoms with E-state index in [-0.39, 0.29) is 0 Å². The first kappa shape index (κ1) is 8.83. The van der Waals surface area contributed by atoms with E-state index in [0.717, 1.165) is 20.2 Å². The van der Waals surface area contributed by atoms with Gasteiger partial charge >= 0.3 is 0 Å². The minimum atomic E-state index is -1.93. The highest BCUT2D eigenvalue weighted by Crippen LogP contribution is 2.22. The first-order valence-electron chi connectivity index (χ1n) is 3.35. The van der Waals surface area contributed by atoms with E-state index in [4.69, 9.17) is 0 Å². The van der Waals surface area contributed by atoms with E-state index in [1.165, 1.54) is 0 Å². The van der Waals surface area contributed by atoms with Crippen molar-refractivity contribution in [2.75, 3.05) is 0 Å². The van der Waals surface area contributed by atoms with Gasteiger partial charge in [0.15, 0.2) is 0 Å². The van der Waals surface area contributed by atoms with Gasteiger partial charge in [0.25, 0.3) is 5.56 Å². The zero-order valence-electron chi connectivity index (χ0n) is 6.69. The molecule has 0 bridgehead atoms. The number of aromatic amines is 1. The Kier molecular flexibility index (Phi) is 1.95. The number of halogens is 2. The summed E-state index contributed by atoms with van der Waals surface area (Å²) >= 11 is 0. The monoisotopic (exact) mass is 174 g/mol. The molecule has 1 N–H and O–H groups in total. The number of rotatable bonds is 1. The molecule has 12 heavy (non-hydrogen) atoms. The SMILES string of the molecule is CC(C)(F)c1nc[nH]c(=O)c1F. The van der Waals surface area contributed by atoms with E-state index in [1.54, 1.807) is 0 Å². The Morgan fingerprint density at radius 1 is 1.58 bits per heavy atom. The van der Waals surface area contributed by atoms with Crippen molar-refractivity contribution in [3.63, 3.8) is 0 Å². The summed E-state index contributed by atoms with van der Waals surface area (Å²) in [5.74, 6) is -1.16. The summed E-state index contributed by atoms with van der Waals surface area (Å²) in [6, 6.07) is 0. The Morgan fingerprint density at radius 3 is 2.58 bits per heavy atom. The highest BCUT2D eigenvalue weighted by molar-refractivity contribution is 5.09. The normalized spacial score (nSPS) is 11.7. The van der Waals surface area contributed by atoms with Gasteiger partial charge in [-0.15, -0.1) is 0 Å². The van der Waals surface area contributed by atoms with Crippen molar-refractivity contribution in [3.8, 4) is 0 Å². The van der Waals surface area contributed by atoms with Crippen molar-refractivity contribution < 1.29 is 8.78 Å². The third-order valence-corrected chi connectivity index (χ3v) is 1.36. The van der Waals surface area contributed by atoms with Gasteiger partial charge in [-0.1, -0.05) is 0 Å². The molecule has 0 spiro atoms. The van der Waals surface area contributed by atoms with E-state index >= 15 is 0 Å². The molecule has 0 saturated heterocycles. The second kappa shape index (κ2) is 2.66. The average molecular weight is 174 g/mol. The molecule has 3 nitrogen and oxygen atoms in total. The van der Waals surface area contributed by atoms with E-state index < -0.39 is 22.7 Å². The molecule has 0 aliphatic rings. The number of nitrogens with one attached hydrogen (secondary N) is 1. The summed E-state index contributed by atoms with van der Waals surface area (Å²) in [5.41, 5.74) is -3.35. The molecule has 1 rings (SSSR count). The second-order valence-corrected chi connectivity index (χ2v) is 2.87. The number of aromatic nitrogens is 2. The van der Waals surface area contributed by atoms with Crippen LogP contribution in [0.25, 0.3) is 0 Å². The number of nitrogens with zero attached hydrogens (tertiary/aromatic N) is 1. The minimum absolute atomic E-state index is 0.466. The molecular formula is C7H8F2N2O. The molecule has 0 aliphatic carbocycles. The van der Waals surface area contributed by atoms with E-state index in [0.29, 0.717) is 0 Å². The van der Waals surface area contributed by atoms with Crippen molar-refractivity contribution >= 4 is 0 Å². The summed E-state index contributed by atoms with van der Waals surface area (Å²) in [6.45, 7) is 2.27. The lowest BCUT2D eigenvalue weighted by Gasteiger charge is -2.12. The van der Waals surface area contributed by atoms with Crippen LogP contribution in [0.2, 0.25) is 0 Å². The molecule has 1 aromatic rings. The molecule has 0 saturated carbocycles. The number of hydrogen-bond donors (Lipinski definition) is 1. The fourth-order valence-electron chi connectivity index (χ4n) is 0.797. The molecule has 1 heterocycles. The molecule has 0 amide bonds. The third kappa shape index (κ3) is 1.49. The van der Waals surface area contributed by atoms with Gasteiger partial charge in [0.1, 0.15) is 11.4 Å². The maximum absolute atomic E-state index is 13.1. The fourth-order valence-corrected chi connectivity index (χ4v) is 0.797. The molecule has 1 aromatic heterocycles. The smallest absolute Gasteiger partial charge is 0.287 e. The molecule has 0 aromatic carbocycles. The van der Waals surface area contributed by atoms with Crippen LogP contribution < -0.4 is 5.56 Å². The molecule has 0 aliphatic heterocycles. The van der Waals surface area contributed by atoms with Crippen LogP contribution in [0, 0.1) is 5.82 Å². The zero-order chi connectivity index (χ0) is 9.35. The van der Waals surface area contributed by atoms with Crippen LogP contribution in [0.1, 0.15) is 19.5 Å². The van der Waals surface area contributed by atoms with Gasteiger partial charge in [-0.3, -0.25) is 4.79 Å². The zero-order valence-corrected chi connectivity index (χ0v) is 6.69.